The standard InChI is InChI=1S/C12H16Cl2/c1-2-6-11(12(13)14)9-10-7-4-3-5-8-10/h3-5,7-8,11-12H,2,6,9H2,1H3. The molecule has 0 heterocycles. The molecule has 0 radical (unpaired) electrons. The summed E-state index contributed by atoms with van der Waals surface area (Å²) in [5.74, 6) is 0.380. The van der Waals surface area contributed by atoms with Gasteiger partial charge in [-0.3, -0.25) is 0 Å². The van der Waals surface area contributed by atoms with Crippen molar-refractivity contribution in [3.05, 3.63) is 35.9 Å². The first-order chi connectivity index (χ1) is 6.74. The minimum atomic E-state index is -0.254. The smallest absolute Gasteiger partial charge is 0.105 e. The Hall–Kier alpha value is -0.200. The Balaban J connectivity index is 2.55. The number of alkyl halides is 2. The largest absolute Gasteiger partial charge is 0.110 e. The van der Waals surface area contributed by atoms with Crippen LogP contribution < -0.4 is 0 Å². The second-order valence-electron chi connectivity index (χ2n) is 3.57. The van der Waals surface area contributed by atoms with Crippen LogP contribution in [0.1, 0.15) is 25.3 Å². The van der Waals surface area contributed by atoms with Crippen molar-refractivity contribution in [2.24, 2.45) is 5.92 Å². The molecule has 78 valence electrons. The summed E-state index contributed by atoms with van der Waals surface area (Å²) in [4.78, 5) is -0.254. The number of rotatable bonds is 5. The van der Waals surface area contributed by atoms with Crippen LogP contribution in [0, 0.1) is 5.92 Å². The van der Waals surface area contributed by atoms with Crippen LogP contribution in [-0.4, -0.2) is 4.84 Å². The highest BCUT2D eigenvalue weighted by Crippen LogP contribution is 2.24. The monoisotopic (exact) mass is 230 g/mol. The van der Waals surface area contributed by atoms with Gasteiger partial charge in [0.1, 0.15) is 4.84 Å². The third-order valence-corrected chi connectivity index (χ3v) is 3.07. The second kappa shape index (κ2) is 6.31. The lowest BCUT2D eigenvalue weighted by Crippen LogP contribution is -2.12. The van der Waals surface area contributed by atoms with Crippen molar-refractivity contribution in [1.82, 2.24) is 0 Å². The lowest BCUT2D eigenvalue weighted by atomic mass is 9.97. The first-order valence-corrected chi connectivity index (χ1v) is 5.93. The molecule has 14 heavy (non-hydrogen) atoms. The van der Waals surface area contributed by atoms with Crippen LogP contribution in [0.5, 0.6) is 0 Å². The van der Waals surface area contributed by atoms with E-state index in [1.54, 1.807) is 0 Å². The molecule has 0 saturated carbocycles. The van der Waals surface area contributed by atoms with E-state index in [1.807, 2.05) is 6.07 Å². The highest BCUT2D eigenvalue weighted by molar-refractivity contribution is 6.44. The van der Waals surface area contributed by atoms with Crippen molar-refractivity contribution < 1.29 is 0 Å². The molecule has 2 heteroatoms. The summed E-state index contributed by atoms with van der Waals surface area (Å²) in [7, 11) is 0. The van der Waals surface area contributed by atoms with Crippen LogP contribution in [-0.2, 0) is 6.42 Å². The fourth-order valence-electron chi connectivity index (χ4n) is 1.60. The highest BCUT2D eigenvalue weighted by Gasteiger charge is 2.16. The van der Waals surface area contributed by atoms with Gasteiger partial charge in [-0.2, -0.15) is 0 Å². The van der Waals surface area contributed by atoms with Gasteiger partial charge in [0.05, 0.1) is 0 Å². The van der Waals surface area contributed by atoms with Gasteiger partial charge in [-0.15, -0.1) is 23.2 Å². The van der Waals surface area contributed by atoms with E-state index in [-0.39, 0.29) is 4.84 Å². The Bertz CT molecular complexity index is 244. The van der Waals surface area contributed by atoms with Crippen molar-refractivity contribution in [2.75, 3.05) is 0 Å². The zero-order valence-electron chi connectivity index (χ0n) is 8.42. The summed E-state index contributed by atoms with van der Waals surface area (Å²) in [6.07, 6.45) is 3.20. The Morgan fingerprint density at radius 2 is 1.79 bits per heavy atom. The Morgan fingerprint density at radius 3 is 2.29 bits per heavy atom. The van der Waals surface area contributed by atoms with Gasteiger partial charge in [-0.05, 0) is 24.3 Å². The van der Waals surface area contributed by atoms with E-state index in [4.69, 9.17) is 23.2 Å². The SMILES string of the molecule is CCCC(Cc1ccccc1)C(Cl)Cl. The average molecular weight is 231 g/mol. The zero-order chi connectivity index (χ0) is 10.4. The molecule has 0 bridgehead atoms. The molecule has 0 nitrogen and oxygen atoms in total. The molecule has 0 aromatic heterocycles. The molecule has 0 fully saturated rings. The van der Waals surface area contributed by atoms with E-state index >= 15 is 0 Å². The summed E-state index contributed by atoms with van der Waals surface area (Å²) < 4.78 is 0. The van der Waals surface area contributed by atoms with Gasteiger partial charge in [-0.25, -0.2) is 0 Å². The van der Waals surface area contributed by atoms with Crippen molar-refractivity contribution in [3.63, 3.8) is 0 Å². The lowest BCUT2D eigenvalue weighted by molar-refractivity contribution is 0.507. The van der Waals surface area contributed by atoms with Crippen molar-refractivity contribution >= 4 is 23.2 Å². The molecule has 0 amide bonds. The van der Waals surface area contributed by atoms with Crippen LogP contribution >= 0.6 is 23.2 Å². The number of hydrogen-bond donors (Lipinski definition) is 0. The van der Waals surface area contributed by atoms with Gasteiger partial charge in [0.25, 0.3) is 0 Å². The molecular formula is C12H16Cl2. The van der Waals surface area contributed by atoms with Crippen LogP contribution in [0.3, 0.4) is 0 Å². The number of halogens is 2. The molecule has 1 rings (SSSR count). The maximum atomic E-state index is 5.94. The first kappa shape index (κ1) is 11.9. The fourth-order valence-corrected chi connectivity index (χ4v) is 2.03. The normalized spacial score (nSPS) is 13.1. The lowest BCUT2D eigenvalue weighted by Gasteiger charge is -2.16. The van der Waals surface area contributed by atoms with Crippen molar-refractivity contribution in [2.45, 2.75) is 31.0 Å². The van der Waals surface area contributed by atoms with Gasteiger partial charge in [-0.1, -0.05) is 43.7 Å². The Kier molecular flexibility index (Phi) is 5.36. The van der Waals surface area contributed by atoms with Crippen LogP contribution in [0.15, 0.2) is 30.3 Å². The van der Waals surface area contributed by atoms with Gasteiger partial charge in [0.15, 0.2) is 0 Å². The topological polar surface area (TPSA) is 0 Å². The number of hydrogen-bond acceptors (Lipinski definition) is 0. The highest BCUT2D eigenvalue weighted by atomic mass is 35.5. The summed E-state index contributed by atoms with van der Waals surface area (Å²) in [6.45, 7) is 2.16. The van der Waals surface area contributed by atoms with Gasteiger partial charge in [0.2, 0.25) is 0 Å². The molecule has 1 aromatic rings. The molecule has 1 unspecified atom stereocenters. The minimum absolute atomic E-state index is 0.254. The van der Waals surface area contributed by atoms with Crippen LogP contribution in [0.25, 0.3) is 0 Å². The van der Waals surface area contributed by atoms with E-state index in [9.17, 15) is 0 Å². The Labute approximate surface area is 96.2 Å². The van der Waals surface area contributed by atoms with Crippen LogP contribution in [0.2, 0.25) is 0 Å². The van der Waals surface area contributed by atoms with E-state index in [2.05, 4.69) is 31.2 Å². The molecule has 0 saturated heterocycles. The summed E-state index contributed by atoms with van der Waals surface area (Å²) in [5, 5.41) is 0. The fraction of sp³-hybridized carbons (Fsp3) is 0.500. The van der Waals surface area contributed by atoms with Gasteiger partial charge < -0.3 is 0 Å². The molecule has 1 aromatic carbocycles. The van der Waals surface area contributed by atoms with Crippen LogP contribution in [0.4, 0.5) is 0 Å². The third kappa shape index (κ3) is 3.89. The van der Waals surface area contributed by atoms with E-state index in [1.165, 1.54) is 5.56 Å². The maximum absolute atomic E-state index is 5.94. The molecule has 0 aliphatic heterocycles. The molecule has 0 N–H and O–H groups in total. The predicted octanol–water partition coefficient (Wildman–Crippen LogP) is 4.45. The molecular weight excluding hydrogens is 215 g/mol. The maximum Gasteiger partial charge on any atom is 0.110 e. The summed E-state index contributed by atoms with van der Waals surface area (Å²) in [6, 6.07) is 10.4. The van der Waals surface area contributed by atoms with E-state index in [0.717, 1.165) is 19.3 Å². The Morgan fingerprint density at radius 1 is 1.14 bits per heavy atom. The molecule has 0 aliphatic carbocycles. The van der Waals surface area contributed by atoms with Gasteiger partial charge >= 0.3 is 0 Å². The minimum Gasteiger partial charge on any atom is -0.105 e. The summed E-state index contributed by atoms with van der Waals surface area (Å²) >= 11 is 11.9. The molecule has 1 atom stereocenters. The molecule has 0 aliphatic rings. The molecule has 0 spiro atoms. The average Bonchev–Trinajstić information content (AvgIpc) is 2.18. The first-order valence-electron chi connectivity index (χ1n) is 5.06. The van der Waals surface area contributed by atoms with E-state index in [0.29, 0.717) is 5.92 Å². The predicted molar refractivity (Wildman–Crippen MR) is 64.0 cm³/mol. The third-order valence-electron chi connectivity index (χ3n) is 2.36. The quantitative estimate of drug-likeness (QED) is 0.657. The zero-order valence-corrected chi connectivity index (χ0v) is 9.93. The van der Waals surface area contributed by atoms with Crippen molar-refractivity contribution in [3.8, 4) is 0 Å². The van der Waals surface area contributed by atoms with Crippen molar-refractivity contribution in [1.29, 1.82) is 0 Å². The second-order valence-corrected chi connectivity index (χ2v) is 4.74. The number of benzene rings is 1. The van der Waals surface area contributed by atoms with Gasteiger partial charge in [0, 0.05) is 0 Å². The summed E-state index contributed by atoms with van der Waals surface area (Å²) in [5.41, 5.74) is 1.32. The van der Waals surface area contributed by atoms with E-state index < -0.39 is 0 Å².